The van der Waals surface area contributed by atoms with Crippen molar-refractivity contribution in [2.45, 2.75) is 13.8 Å². The number of benzene rings is 3. The summed E-state index contributed by atoms with van der Waals surface area (Å²) in [6, 6.07) is 17.8. The van der Waals surface area contributed by atoms with E-state index >= 15 is 0 Å². The summed E-state index contributed by atoms with van der Waals surface area (Å²) < 4.78 is 0. The van der Waals surface area contributed by atoms with Gasteiger partial charge in [-0.1, -0.05) is 48.5 Å². The molecule has 0 atom stereocenters. The Labute approximate surface area is 169 Å². The van der Waals surface area contributed by atoms with Crippen LogP contribution in [0.4, 0.5) is 11.4 Å². The van der Waals surface area contributed by atoms with Gasteiger partial charge in [-0.15, -0.1) is 4.91 Å². The number of fused-ring (bicyclic) bond motifs is 1. The van der Waals surface area contributed by atoms with E-state index in [0.29, 0.717) is 22.8 Å². The highest BCUT2D eigenvalue weighted by atomic mass is 16.3. The molecule has 0 heterocycles. The summed E-state index contributed by atoms with van der Waals surface area (Å²) in [5, 5.41) is 19.6. The lowest BCUT2D eigenvalue weighted by molar-refractivity contribution is 1.42. The minimum absolute atomic E-state index is 0.292. The Morgan fingerprint density at radius 2 is 1.59 bits per heavy atom. The molecule has 0 aliphatic heterocycles. The summed E-state index contributed by atoms with van der Waals surface area (Å²) in [7, 11) is 0. The van der Waals surface area contributed by atoms with Gasteiger partial charge in [0.1, 0.15) is 5.69 Å². The van der Waals surface area contributed by atoms with Gasteiger partial charge < -0.3 is 5.73 Å². The lowest BCUT2D eigenvalue weighted by atomic mass is 9.95. The van der Waals surface area contributed by atoms with E-state index in [1.807, 2.05) is 68.5 Å². The lowest BCUT2D eigenvalue weighted by Gasteiger charge is -2.11. The molecule has 4 rings (SSSR count). The average Bonchev–Trinajstić information content (AvgIpc) is 2.70. The predicted molar refractivity (Wildman–Crippen MR) is 122 cm³/mol. The number of hydrogen-bond donors (Lipinski definition) is 3. The number of nitroso groups, excluding NO2 is 1. The quantitative estimate of drug-likeness (QED) is 0.273. The fraction of sp³-hybridized carbons (Fsp3) is 0.0833. The second kappa shape index (κ2) is 8.44. The number of nitrogen functional groups attached to an aromatic ring is 1. The van der Waals surface area contributed by atoms with E-state index in [0.717, 1.165) is 33.0 Å². The monoisotopic (exact) mass is 382 g/mol. The first kappa shape index (κ1) is 19.9. The van der Waals surface area contributed by atoms with Crippen LogP contribution >= 0.6 is 0 Å². The van der Waals surface area contributed by atoms with E-state index in [4.69, 9.17) is 16.6 Å². The van der Waals surface area contributed by atoms with E-state index in [9.17, 15) is 4.91 Å². The molecule has 0 fully saturated rings. The Kier molecular flexibility index (Phi) is 5.79. The number of nitrogens with two attached hydrogens (primary N) is 1. The average molecular weight is 382 g/mol. The van der Waals surface area contributed by atoms with Crippen molar-refractivity contribution in [2.75, 3.05) is 5.73 Å². The topological polar surface area (TPSA) is 103 Å². The molecule has 0 unspecified atom stereocenters. The Morgan fingerprint density at radius 3 is 2.28 bits per heavy atom. The number of allylic oxidation sites excluding steroid dienone is 4. The molecule has 1 aliphatic carbocycles. The van der Waals surface area contributed by atoms with E-state index in [-0.39, 0.29) is 0 Å². The number of nitrogens with zero attached hydrogens (tertiary/aromatic N) is 1. The number of rotatable bonds is 2. The molecular formula is C24H22N4O. The van der Waals surface area contributed by atoms with Crippen LogP contribution in [0, 0.1) is 22.6 Å². The smallest absolute Gasteiger partial charge is 0.138 e. The summed E-state index contributed by atoms with van der Waals surface area (Å²) in [4.78, 5) is 11.1. The van der Waals surface area contributed by atoms with Gasteiger partial charge in [0.2, 0.25) is 0 Å². The SMILES string of the molecule is CC1=CC(=N)C(=N)C=C1.Cc1cc(N)c(N=O)c(-c2cccc3ccccc23)c1. The largest absolute Gasteiger partial charge is 0.397 e. The Balaban J connectivity index is 0.000000224. The third kappa shape index (κ3) is 4.35. The number of aryl methyl sites for hydroxylation is 1. The van der Waals surface area contributed by atoms with Crippen molar-refractivity contribution in [1.82, 2.24) is 0 Å². The molecule has 3 aromatic carbocycles. The fourth-order valence-electron chi connectivity index (χ4n) is 3.23. The first-order valence-electron chi connectivity index (χ1n) is 9.16. The van der Waals surface area contributed by atoms with Gasteiger partial charge in [-0.2, -0.15) is 0 Å². The summed E-state index contributed by atoms with van der Waals surface area (Å²) in [5.41, 5.74) is 11.1. The molecular weight excluding hydrogens is 360 g/mol. The Hall–Kier alpha value is -3.86. The molecule has 3 aromatic rings. The maximum absolute atomic E-state index is 11.1. The summed E-state index contributed by atoms with van der Waals surface area (Å²) in [6.45, 7) is 3.87. The highest BCUT2D eigenvalue weighted by Crippen LogP contribution is 2.39. The molecule has 4 N–H and O–H groups in total. The number of anilines is 1. The van der Waals surface area contributed by atoms with Gasteiger partial charge >= 0.3 is 0 Å². The molecule has 0 amide bonds. The van der Waals surface area contributed by atoms with E-state index in [2.05, 4.69) is 5.18 Å². The number of hydrogen-bond acceptors (Lipinski definition) is 5. The van der Waals surface area contributed by atoms with E-state index < -0.39 is 0 Å². The molecule has 0 spiro atoms. The van der Waals surface area contributed by atoms with Gasteiger partial charge in [0.15, 0.2) is 0 Å². The fourth-order valence-corrected chi connectivity index (χ4v) is 3.23. The van der Waals surface area contributed by atoms with Crippen LogP contribution in [0.1, 0.15) is 12.5 Å². The lowest BCUT2D eigenvalue weighted by Crippen LogP contribution is -2.08. The van der Waals surface area contributed by atoms with Crippen LogP contribution in [0.3, 0.4) is 0 Å². The summed E-state index contributed by atoms with van der Waals surface area (Å²) in [5.74, 6) is 0. The van der Waals surface area contributed by atoms with Crippen LogP contribution in [0.2, 0.25) is 0 Å². The Bertz CT molecular complexity index is 1180. The van der Waals surface area contributed by atoms with Crippen molar-refractivity contribution in [1.29, 1.82) is 10.8 Å². The van der Waals surface area contributed by atoms with Crippen LogP contribution in [-0.2, 0) is 0 Å². The summed E-state index contributed by atoms with van der Waals surface area (Å²) >= 11 is 0. The van der Waals surface area contributed by atoms with Crippen LogP contribution in [0.5, 0.6) is 0 Å². The zero-order valence-corrected chi connectivity index (χ0v) is 16.4. The van der Waals surface area contributed by atoms with Gasteiger partial charge in [-0.25, -0.2) is 0 Å². The van der Waals surface area contributed by atoms with Crippen LogP contribution in [-0.4, -0.2) is 11.4 Å². The minimum Gasteiger partial charge on any atom is -0.397 e. The third-order valence-electron chi connectivity index (χ3n) is 4.63. The molecule has 0 bridgehead atoms. The van der Waals surface area contributed by atoms with Crippen molar-refractivity contribution in [3.8, 4) is 11.1 Å². The molecule has 0 saturated carbocycles. The highest BCUT2D eigenvalue weighted by molar-refractivity contribution is 6.49. The van der Waals surface area contributed by atoms with E-state index in [1.54, 1.807) is 18.2 Å². The zero-order chi connectivity index (χ0) is 21.0. The molecule has 29 heavy (non-hydrogen) atoms. The normalized spacial score (nSPS) is 13.0. The van der Waals surface area contributed by atoms with Gasteiger partial charge in [0.05, 0.1) is 17.1 Å². The third-order valence-corrected chi connectivity index (χ3v) is 4.63. The molecule has 0 radical (unpaired) electrons. The molecule has 1 aliphatic rings. The van der Waals surface area contributed by atoms with Crippen LogP contribution < -0.4 is 5.73 Å². The van der Waals surface area contributed by atoms with Gasteiger partial charge in [-0.05, 0) is 70.8 Å². The second-order valence-corrected chi connectivity index (χ2v) is 6.92. The van der Waals surface area contributed by atoms with Crippen molar-refractivity contribution in [3.63, 3.8) is 0 Å². The van der Waals surface area contributed by atoms with Crippen LogP contribution in [0.15, 0.2) is 83.6 Å². The van der Waals surface area contributed by atoms with Crippen molar-refractivity contribution >= 4 is 33.6 Å². The standard InChI is InChI=1S/C17H14N2O.C7H8N2/c1-11-9-15(17(19-20)16(18)10-11)14-8-4-6-12-5-2-3-7-13(12)14;1-5-2-3-6(8)7(9)4-5/h2-10H,18H2,1H3;2-4,8-9H,1H3. The molecule has 0 saturated heterocycles. The maximum atomic E-state index is 11.1. The van der Waals surface area contributed by atoms with Crippen molar-refractivity contribution < 1.29 is 0 Å². The van der Waals surface area contributed by atoms with Crippen LogP contribution in [0.25, 0.3) is 21.9 Å². The van der Waals surface area contributed by atoms with Gasteiger partial charge in [0, 0.05) is 5.56 Å². The second-order valence-electron chi connectivity index (χ2n) is 6.92. The Morgan fingerprint density at radius 1 is 0.862 bits per heavy atom. The van der Waals surface area contributed by atoms with Crippen molar-refractivity contribution in [3.05, 3.63) is 88.9 Å². The molecule has 5 nitrogen and oxygen atoms in total. The van der Waals surface area contributed by atoms with Crippen molar-refractivity contribution in [2.24, 2.45) is 5.18 Å². The first-order valence-corrected chi connectivity index (χ1v) is 9.16. The maximum Gasteiger partial charge on any atom is 0.138 e. The first-order chi connectivity index (χ1) is 13.9. The molecule has 144 valence electrons. The highest BCUT2D eigenvalue weighted by Gasteiger charge is 2.12. The minimum atomic E-state index is 0.292. The molecule has 0 aromatic heterocycles. The van der Waals surface area contributed by atoms with Gasteiger partial charge in [0.25, 0.3) is 0 Å². The summed E-state index contributed by atoms with van der Waals surface area (Å²) in [6.07, 6.45) is 5.15. The van der Waals surface area contributed by atoms with Gasteiger partial charge in [-0.3, -0.25) is 10.8 Å². The number of nitrogens with one attached hydrogen (secondary N) is 2. The predicted octanol–water partition coefficient (Wildman–Crippen LogP) is 6.34. The van der Waals surface area contributed by atoms with E-state index in [1.165, 1.54) is 0 Å². The zero-order valence-electron chi connectivity index (χ0n) is 16.4. The molecule has 5 heteroatoms.